The van der Waals surface area contributed by atoms with Crippen LogP contribution < -0.4 is 14.9 Å². The van der Waals surface area contributed by atoms with Crippen LogP contribution in [0.2, 0.25) is 0 Å². The number of sulfonamides is 1. The lowest BCUT2D eigenvalue weighted by Crippen LogP contribution is -2.13. The predicted molar refractivity (Wildman–Crippen MR) is 106 cm³/mol. The second-order valence-corrected chi connectivity index (χ2v) is 7.95. The first-order chi connectivity index (χ1) is 13.4. The Labute approximate surface area is 162 Å². The van der Waals surface area contributed by atoms with E-state index in [1.54, 1.807) is 24.3 Å². The number of rotatable bonds is 7. The van der Waals surface area contributed by atoms with Crippen molar-refractivity contribution < 1.29 is 18.1 Å². The maximum Gasteiger partial charge on any atom is 0.295 e. The van der Waals surface area contributed by atoms with E-state index >= 15 is 0 Å². The lowest BCUT2D eigenvalue weighted by molar-refractivity contribution is -0.384. The smallest absolute Gasteiger partial charge is 0.295 e. The zero-order chi connectivity index (χ0) is 20.1. The number of benzene rings is 2. The molecule has 0 aliphatic heterocycles. The summed E-state index contributed by atoms with van der Waals surface area (Å²) in [6.45, 7) is 0. The van der Waals surface area contributed by atoms with E-state index in [2.05, 4.69) is 15.2 Å². The van der Waals surface area contributed by atoms with Gasteiger partial charge in [-0.25, -0.2) is 8.42 Å². The first kappa shape index (κ1) is 19.6. The fourth-order valence-electron chi connectivity index (χ4n) is 2.83. The van der Waals surface area contributed by atoms with Crippen LogP contribution in [0.3, 0.4) is 0 Å². The molecule has 0 amide bonds. The van der Waals surface area contributed by atoms with Gasteiger partial charge in [0.05, 0.1) is 16.9 Å². The van der Waals surface area contributed by atoms with Gasteiger partial charge in [-0.2, -0.15) is 5.10 Å². The van der Waals surface area contributed by atoms with Gasteiger partial charge in [-0.1, -0.05) is 0 Å². The number of hydrogen-bond donors (Lipinski definition) is 2. The Hall–Kier alpha value is -3.14. The molecule has 28 heavy (non-hydrogen) atoms. The Balaban J connectivity index is 1.84. The normalized spacial score (nSPS) is 13.8. The van der Waals surface area contributed by atoms with Gasteiger partial charge in [-0.15, -0.1) is 0 Å². The molecule has 148 valence electrons. The van der Waals surface area contributed by atoms with E-state index in [0.29, 0.717) is 11.4 Å². The number of anilines is 2. The fraction of sp³-hybridized carbons (Fsp3) is 0.278. The minimum atomic E-state index is -4.00. The van der Waals surface area contributed by atoms with Crippen LogP contribution in [-0.4, -0.2) is 26.2 Å². The summed E-state index contributed by atoms with van der Waals surface area (Å²) in [4.78, 5) is 10.6. The van der Waals surface area contributed by atoms with E-state index < -0.39 is 14.9 Å². The van der Waals surface area contributed by atoms with Crippen LogP contribution in [0.1, 0.15) is 25.7 Å². The quantitative estimate of drug-likeness (QED) is 0.535. The predicted octanol–water partition coefficient (Wildman–Crippen LogP) is 3.75. The lowest BCUT2D eigenvalue weighted by atomic mass is 10.3. The number of nitrogens with zero attached hydrogens (tertiary/aromatic N) is 2. The molecule has 0 saturated heterocycles. The summed E-state index contributed by atoms with van der Waals surface area (Å²) in [5, 5.41) is 15.6. The third-order valence-electron chi connectivity index (χ3n) is 4.33. The Bertz CT molecular complexity index is 995. The summed E-state index contributed by atoms with van der Waals surface area (Å²) in [6.07, 6.45) is 3.83. The van der Waals surface area contributed by atoms with E-state index in [9.17, 15) is 18.5 Å². The van der Waals surface area contributed by atoms with Crippen molar-refractivity contribution in [2.75, 3.05) is 17.3 Å². The molecule has 0 spiro atoms. The molecule has 0 heterocycles. The van der Waals surface area contributed by atoms with Gasteiger partial charge in [0, 0.05) is 17.5 Å². The standard InChI is InChI=1S/C18H20N4O5S/c1-27-15-8-6-14(7-9-15)21-28(25,26)16-10-11-17(18(12-16)22(23)24)20-19-13-4-2-3-5-13/h6-12,20-21H,2-5H2,1H3. The number of nitro benzene ring substituents is 1. The molecule has 0 radical (unpaired) electrons. The molecule has 0 aromatic heterocycles. The van der Waals surface area contributed by atoms with Crippen LogP contribution >= 0.6 is 0 Å². The number of hydrogen-bond acceptors (Lipinski definition) is 7. The van der Waals surface area contributed by atoms with Gasteiger partial charge in [0.15, 0.2) is 0 Å². The maximum atomic E-state index is 12.6. The highest BCUT2D eigenvalue weighted by molar-refractivity contribution is 7.92. The Morgan fingerprint density at radius 2 is 1.79 bits per heavy atom. The van der Waals surface area contributed by atoms with Crippen molar-refractivity contribution in [3.8, 4) is 5.75 Å². The van der Waals surface area contributed by atoms with Crippen molar-refractivity contribution in [2.24, 2.45) is 5.10 Å². The molecule has 9 nitrogen and oxygen atoms in total. The molecule has 0 atom stereocenters. The minimum absolute atomic E-state index is 0.146. The summed E-state index contributed by atoms with van der Waals surface area (Å²) >= 11 is 0. The molecule has 1 saturated carbocycles. The Morgan fingerprint density at radius 3 is 2.39 bits per heavy atom. The third kappa shape index (κ3) is 4.58. The lowest BCUT2D eigenvalue weighted by Gasteiger charge is -2.10. The second-order valence-electron chi connectivity index (χ2n) is 6.27. The SMILES string of the molecule is COc1ccc(NS(=O)(=O)c2ccc(NN=C3CCCC3)c([N+](=O)[O-])c2)cc1. The molecule has 1 aliphatic rings. The van der Waals surface area contributed by atoms with Crippen molar-refractivity contribution in [2.45, 2.75) is 30.6 Å². The minimum Gasteiger partial charge on any atom is -0.497 e. The van der Waals surface area contributed by atoms with Gasteiger partial charge in [-0.05, 0) is 62.1 Å². The van der Waals surface area contributed by atoms with Crippen LogP contribution in [0.15, 0.2) is 52.5 Å². The van der Waals surface area contributed by atoms with Crippen LogP contribution in [0.4, 0.5) is 17.1 Å². The topological polar surface area (TPSA) is 123 Å². The highest BCUT2D eigenvalue weighted by Gasteiger charge is 2.22. The van der Waals surface area contributed by atoms with Gasteiger partial charge in [0.1, 0.15) is 11.4 Å². The summed E-state index contributed by atoms with van der Waals surface area (Å²) in [6, 6.07) is 9.96. The molecule has 2 aromatic carbocycles. The van der Waals surface area contributed by atoms with E-state index in [0.717, 1.165) is 37.5 Å². The first-order valence-corrected chi connectivity index (χ1v) is 10.1. The van der Waals surface area contributed by atoms with Crippen molar-refractivity contribution in [1.82, 2.24) is 0 Å². The van der Waals surface area contributed by atoms with E-state index in [-0.39, 0.29) is 16.3 Å². The molecular formula is C18H20N4O5S. The molecule has 3 rings (SSSR count). The van der Waals surface area contributed by atoms with Gasteiger partial charge < -0.3 is 4.74 Å². The Morgan fingerprint density at radius 1 is 1.11 bits per heavy atom. The summed E-state index contributed by atoms with van der Waals surface area (Å²) in [5.74, 6) is 0.581. The number of hydrazone groups is 1. The molecule has 0 unspecified atom stereocenters. The highest BCUT2D eigenvalue weighted by atomic mass is 32.2. The first-order valence-electron chi connectivity index (χ1n) is 8.66. The molecule has 2 N–H and O–H groups in total. The molecule has 0 bridgehead atoms. The van der Waals surface area contributed by atoms with Crippen molar-refractivity contribution in [3.63, 3.8) is 0 Å². The monoisotopic (exact) mass is 404 g/mol. The van der Waals surface area contributed by atoms with Gasteiger partial charge >= 0.3 is 0 Å². The summed E-state index contributed by atoms with van der Waals surface area (Å²) in [7, 11) is -2.49. The Kier molecular flexibility index (Phi) is 5.78. The van der Waals surface area contributed by atoms with Gasteiger partial charge in [0.2, 0.25) is 0 Å². The average molecular weight is 404 g/mol. The zero-order valence-corrected chi connectivity index (χ0v) is 16.0. The fourth-order valence-corrected chi connectivity index (χ4v) is 3.91. The molecule has 1 fully saturated rings. The third-order valence-corrected chi connectivity index (χ3v) is 5.71. The van der Waals surface area contributed by atoms with Crippen LogP contribution in [0.5, 0.6) is 5.75 Å². The van der Waals surface area contributed by atoms with Crippen molar-refractivity contribution in [3.05, 3.63) is 52.6 Å². The largest absolute Gasteiger partial charge is 0.497 e. The molecule has 1 aliphatic carbocycles. The zero-order valence-electron chi connectivity index (χ0n) is 15.2. The van der Waals surface area contributed by atoms with E-state index in [1.807, 2.05) is 0 Å². The average Bonchev–Trinajstić information content (AvgIpc) is 3.20. The maximum absolute atomic E-state index is 12.6. The highest BCUT2D eigenvalue weighted by Crippen LogP contribution is 2.29. The van der Waals surface area contributed by atoms with Crippen molar-refractivity contribution in [1.29, 1.82) is 0 Å². The second kappa shape index (κ2) is 8.26. The summed E-state index contributed by atoms with van der Waals surface area (Å²) in [5.41, 5.74) is 3.75. The van der Waals surface area contributed by atoms with Crippen LogP contribution in [0, 0.1) is 10.1 Å². The number of ether oxygens (including phenoxy) is 1. The molecule has 10 heteroatoms. The van der Waals surface area contributed by atoms with E-state index in [1.165, 1.54) is 19.2 Å². The molecular weight excluding hydrogens is 384 g/mol. The number of methoxy groups -OCH3 is 1. The van der Waals surface area contributed by atoms with Gasteiger partial charge in [-0.3, -0.25) is 20.3 Å². The van der Waals surface area contributed by atoms with E-state index in [4.69, 9.17) is 4.74 Å². The van der Waals surface area contributed by atoms with Crippen molar-refractivity contribution >= 4 is 32.8 Å². The van der Waals surface area contributed by atoms with Crippen LogP contribution in [0.25, 0.3) is 0 Å². The van der Waals surface area contributed by atoms with Gasteiger partial charge in [0.25, 0.3) is 15.7 Å². The molecule has 2 aromatic rings. The number of nitro groups is 1. The van der Waals surface area contributed by atoms with Crippen LogP contribution in [-0.2, 0) is 10.0 Å². The summed E-state index contributed by atoms with van der Waals surface area (Å²) < 4.78 is 32.6. The number of nitrogens with one attached hydrogen (secondary N) is 2.